The van der Waals surface area contributed by atoms with Gasteiger partial charge in [0.2, 0.25) is 0 Å². The molecule has 0 radical (unpaired) electrons. The molecule has 0 saturated heterocycles. The van der Waals surface area contributed by atoms with Crippen LogP contribution in [0.1, 0.15) is 40.5 Å². The van der Waals surface area contributed by atoms with E-state index in [1.807, 2.05) is 11.8 Å². The van der Waals surface area contributed by atoms with E-state index in [0.29, 0.717) is 6.04 Å². The van der Waals surface area contributed by atoms with Crippen molar-refractivity contribution in [3.63, 3.8) is 0 Å². The zero-order chi connectivity index (χ0) is 11.0. The highest BCUT2D eigenvalue weighted by Crippen LogP contribution is 2.15. The predicted molar refractivity (Wildman–Crippen MR) is 66.0 cm³/mol. The lowest BCUT2D eigenvalue weighted by Crippen LogP contribution is -2.37. The highest BCUT2D eigenvalue weighted by Gasteiger charge is 2.08. The van der Waals surface area contributed by atoms with Crippen LogP contribution >= 0.6 is 11.8 Å². The zero-order valence-electron chi connectivity index (χ0n) is 9.92. The molecule has 0 heterocycles. The number of thioether (sulfide) groups is 1. The molecule has 0 amide bonds. The van der Waals surface area contributed by atoms with E-state index in [-0.39, 0.29) is 12.6 Å². The summed E-state index contributed by atoms with van der Waals surface area (Å²) in [7, 11) is 0. The summed E-state index contributed by atoms with van der Waals surface area (Å²) >= 11 is 2.00. The van der Waals surface area contributed by atoms with Crippen LogP contribution in [0.5, 0.6) is 0 Å². The van der Waals surface area contributed by atoms with Crippen LogP contribution in [0.25, 0.3) is 0 Å². The molecular formula is C11H25NOS. The van der Waals surface area contributed by atoms with Crippen molar-refractivity contribution in [2.45, 2.75) is 57.9 Å². The minimum Gasteiger partial charge on any atom is -0.395 e. The predicted octanol–water partition coefficient (Wildman–Crippen LogP) is 2.27. The van der Waals surface area contributed by atoms with Crippen LogP contribution in [-0.4, -0.2) is 34.8 Å². The van der Waals surface area contributed by atoms with E-state index >= 15 is 0 Å². The summed E-state index contributed by atoms with van der Waals surface area (Å²) < 4.78 is 0. The summed E-state index contributed by atoms with van der Waals surface area (Å²) in [6.45, 7) is 8.95. The highest BCUT2D eigenvalue weighted by atomic mass is 32.2. The average Bonchev–Trinajstić information content (AvgIpc) is 2.15. The monoisotopic (exact) mass is 219 g/mol. The van der Waals surface area contributed by atoms with Crippen LogP contribution in [0, 0.1) is 0 Å². The van der Waals surface area contributed by atoms with Gasteiger partial charge in [0.1, 0.15) is 0 Å². The topological polar surface area (TPSA) is 32.3 Å². The lowest BCUT2D eigenvalue weighted by atomic mass is 10.2. The second-order valence-corrected chi connectivity index (χ2v) is 5.63. The van der Waals surface area contributed by atoms with Gasteiger partial charge in [-0.25, -0.2) is 0 Å². The summed E-state index contributed by atoms with van der Waals surface area (Å²) in [5.74, 6) is 1.14. The molecule has 2 N–H and O–H groups in total. The standard InChI is InChI=1S/C11H25NOS/c1-5-10(4)14-7-6-11(8-13)12-9(2)3/h9-13H,5-8H2,1-4H3. The van der Waals surface area contributed by atoms with Crippen LogP contribution in [0.4, 0.5) is 0 Å². The van der Waals surface area contributed by atoms with Gasteiger partial charge in [0.05, 0.1) is 6.61 Å². The maximum absolute atomic E-state index is 9.13. The zero-order valence-corrected chi connectivity index (χ0v) is 10.7. The normalized spacial score (nSPS) is 15.9. The van der Waals surface area contributed by atoms with Gasteiger partial charge in [-0.05, 0) is 18.6 Å². The Balaban J connectivity index is 3.52. The molecule has 0 aromatic rings. The summed E-state index contributed by atoms with van der Waals surface area (Å²) in [6, 6.07) is 0.729. The summed E-state index contributed by atoms with van der Waals surface area (Å²) in [4.78, 5) is 0. The van der Waals surface area contributed by atoms with Gasteiger partial charge >= 0.3 is 0 Å². The molecule has 0 rings (SSSR count). The quantitative estimate of drug-likeness (QED) is 0.657. The second kappa shape index (κ2) is 8.57. The Kier molecular flexibility index (Phi) is 8.73. The molecular weight excluding hydrogens is 194 g/mol. The average molecular weight is 219 g/mol. The number of aliphatic hydroxyl groups is 1. The first-order chi connectivity index (χ1) is 6.60. The molecule has 14 heavy (non-hydrogen) atoms. The van der Waals surface area contributed by atoms with Crippen molar-refractivity contribution < 1.29 is 5.11 Å². The van der Waals surface area contributed by atoms with E-state index in [0.717, 1.165) is 17.4 Å². The van der Waals surface area contributed by atoms with Crippen LogP contribution in [0.3, 0.4) is 0 Å². The minimum absolute atomic E-state index is 0.249. The van der Waals surface area contributed by atoms with Gasteiger partial charge in [0.25, 0.3) is 0 Å². The molecule has 3 heteroatoms. The maximum Gasteiger partial charge on any atom is 0.0585 e. The molecule has 0 spiro atoms. The molecule has 2 atom stereocenters. The van der Waals surface area contributed by atoms with Gasteiger partial charge in [-0.15, -0.1) is 0 Å². The van der Waals surface area contributed by atoms with Gasteiger partial charge in [-0.3, -0.25) is 0 Å². The Morgan fingerprint density at radius 2 is 1.93 bits per heavy atom. The number of hydrogen-bond acceptors (Lipinski definition) is 3. The molecule has 0 aromatic carbocycles. The fourth-order valence-electron chi connectivity index (χ4n) is 1.23. The molecule has 2 nitrogen and oxygen atoms in total. The van der Waals surface area contributed by atoms with Crippen molar-refractivity contribution in [3.05, 3.63) is 0 Å². The van der Waals surface area contributed by atoms with E-state index in [1.165, 1.54) is 6.42 Å². The van der Waals surface area contributed by atoms with Crippen molar-refractivity contribution in [2.24, 2.45) is 0 Å². The number of nitrogens with one attached hydrogen (secondary N) is 1. The third-order valence-corrected chi connectivity index (χ3v) is 3.61. The molecule has 0 bridgehead atoms. The van der Waals surface area contributed by atoms with Crippen molar-refractivity contribution in [1.82, 2.24) is 5.32 Å². The van der Waals surface area contributed by atoms with E-state index in [9.17, 15) is 0 Å². The van der Waals surface area contributed by atoms with Gasteiger partial charge in [0.15, 0.2) is 0 Å². The van der Waals surface area contributed by atoms with E-state index in [2.05, 4.69) is 33.0 Å². The fourth-order valence-corrected chi connectivity index (χ4v) is 2.29. The first kappa shape index (κ1) is 14.3. The minimum atomic E-state index is 0.249. The molecule has 2 unspecified atom stereocenters. The smallest absolute Gasteiger partial charge is 0.0585 e. The largest absolute Gasteiger partial charge is 0.395 e. The van der Waals surface area contributed by atoms with Crippen molar-refractivity contribution in [1.29, 1.82) is 0 Å². The molecule has 0 aliphatic rings. The molecule has 0 saturated carbocycles. The highest BCUT2D eigenvalue weighted by molar-refractivity contribution is 7.99. The Morgan fingerprint density at radius 3 is 2.36 bits per heavy atom. The lowest BCUT2D eigenvalue weighted by Gasteiger charge is -2.19. The van der Waals surface area contributed by atoms with Crippen LogP contribution < -0.4 is 5.32 Å². The van der Waals surface area contributed by atoms with Crippen LogP contribution in [0.15, 0.2) is 0 Å². The second-order valence-electron chi connectivity index (χ2n) is 4.08. The van der Waals surface area contributed by atoms with E-state index in [1.54, 1.807) is 0 Å². The SMILES string of the molecule is CCC(C)SCCC(CO)NC(C)C. The first-order valence-corrected chi connectivity index (χ1v) is 6.63. The third-order valence-electron chi connectivity index (χ3n) is 2.23. The summed E-state index contributed by atoms with van der Waals surface area (Å²) in [6.07, 6.45) is 2.29. The maximum atomic E-state index is 9.13. The Hall–Kier alpha value is 0.270. The first-order valence-electron chi connectivity index (χ1n) is 5.58. The van der Waals surface area contributed by atoms with E-state index < -0.39 is 0 Å². The van der Waals surface area contributed by atoms with Gasteiger partial charge in [-0.1, -0.05) is 27.7 Å². The fraction of sp³-hybridized carbons (Fsp3) is 1.00. The third kappa shape index (κ3) is 7.65. The van der Waals surface area contributed by atoms with Gasteiger partial charge < -0.3 is 10.4 Å². The lowest BCUT2D eigenvalue weighted by molar-refractivity contribution is 0.232. The number of rotatable bonds is 8. The Labute approximate surface area is 92.9 Å². The molecule has 0 fully saturated rings. The summed E-state index contributed by atoms with van der Waals surface area (Å²) in [5, 5.41) is 13.2. The van der Waals surface area contributed by atoms with Gasteiger partial charge in [-0.2, -0.15) is 11.8 Å². The van der Waals surface area contributed by atoms with Gasteiger partial charge in [0, 0.05) is 17.3 Å². The van der Waals surface area contributed by atoms with Crippen molar-refractivity contribution in [2.75, 3.05) is 12.4 Å². The summed E-state index contributed by atoms with van der Waals surface area (Å²) in [5.41, 5.74) is 0. The molecule has 0 aliphatic carbocycles. The van der Waals surface area contributed by atoms with E-state index in [4.69, 9.17) is 5.11 Å². The van der Waals surface area contributed by atoms with Crippen molar-refractivity contribution in [3.8, 4) is 0 Å². The van der Waals surface area contributed by atoms with Crippen molar-refractivity contribution >= 4 is 11.8 Å². The van der Waals surface area contributed by atoms with Crippen LogP contribution in [-0.2, 0) is 0 Å². The Morgan fingerprint density at radius 1 is 1.29 bits per heavy atom. The number of hydrogen-bond donors (Lipinski definition) is 2. The molecule has 0 aliphatic heterocycles. The molecule has 0 aromatic heterocycles. The van der Waals surface area contributed by atoms with Crippen LogP contribution in [0.2, 0.25) is 0 Å². The Bertz CT molecular complexity index is 130. The molecule has 86 valence electrons. The number of aliphatic hydroxyl groups excluding tert-OH is 1.